The van der Waals surface area contributed by atoms with E-state index in [0.717, 1.165) is 36.9 Å². The molecule has 0 aliphatic carbocycles. The maximum absolute atomic E-state index is 11.7. The summed E-state index contributed by atoms with van der Waals surface area (Å²) in [6, 6.07) is 10.7. The van der Waals surface area contributed by atoms with Gasteiger partial charge in [0.15, 0.2) is 5.78 Å². The Kier molecular flexibility index (Phi) is 12.9. The first-order chi connectivity index (χ1) is 18.8. The molecule has 3 heterocycles. The van der Waals surface area contributed by atoms with Crippen molar-refractivity contribution in [2.24, 2.45) is 11.8 Å². The summed E-state index contributed by atoms with van der Waals surface area (Å²) in [5, 5.41) is 11.4. The van der Waals surface area contributed by atoms with Crippen LogP contribution in [0.3, 0.4) is 0 Å². The van der Waals surface area contributed by atoms with E-state index < -0.39 is 16.1 Å². The molecule has 0 saturated carbocycles. The maximum atomic E-state index is 11.7. The Morgan fingerprint density at radius 2 is 1.56 bits per heavy atom. The van der Waals surface area contributed by atoms with Gasteiger partial charge >= 0.3 is 0 Å². The minimum Gasteiger partial charge on any atom is -0.512 e. The second-order valence-corrected chi connectivity index (χ2v) is 23.6. The molecule has 41 heavy (non-hydrogen) atoms. The quantitative estimate of drug-likeness (QED) is 0.108. The zero-order chi connectivity index (χ0) is 29.8. The van der Waals surface area contributed by atoms with E-state index in [1.54, 1.807) is 16.0 Å². The number of thiophene rings is 1. The van der Waals surface area contributed by atoms with Gasteiger partial charge in [0, 0.05) is 48.4 Å². The summed E-state index contributed by atoms with van der Waals surface area (Å²) in [4.78, 5) is 21.2. The van der Waals surface area contributed by atoms with Gasteiger partial charge in [0.05, 0.1) is 27.4 Å². The molecule has 1 radical (unpaired) electrons. The molecular formula is C33H49IrN2O2SSi2-. The van der Waals surface area contributed by atoms with E-state index >= 15 is 0 Å². The largest absolute Gasteiger partial charge is 0.512 e. The van der Waals surface area contributed by atoms with Crippen LogP contribution in [0.25, 0.3) is 21.5 Å². The maximum Gasteiger partial charge on any atom is 0.162 e. The zero-order valence-electron chi connectivity index (χ0n) is 26.7. The zero-order valence-corrected chi connectivity index (χ0v) is 31.9. The van der Waals surface area contributed by atoms with Crippen LogP contribution in [0, 0.1) is 31.7 Å². The predicted molar refractivity (Wildman–Crippen MR) is 179 cm³/mol. The molecule has 1 aliphatic rings. The van der Waals surface area contributed by atoms with E-state index in [2.05, 4.69) is 58.2 Å². The molecule has 2 aromatic heterocycles. The number of aromatic nitrogens is 2. The Labute approximate surface area is 267 Å². The summed E-state index contributed by atoms with van der Waals surface area (Å²) in [6.07, 6.45) is 6.67. The van der Waals surface area contributed by atoms with Crippen LogP contribution in [-0.4, -0.2) is 37.0 Å². The summed E-state index contributed by atoms with van der Waals surface area (Å²) < 4.78 is 2.98. The standard InChI is InChI=1S/C20H25N2SSi2.C13H24O2.Ir/c1-13-9-14(2)11-15(10-13)16-18-17(22-12-21-16)19-20(23-18)25(5,6)8-7-24(19,3)4;1-5-10(6-2)12(14)9-13(15)11(7-3)8-4;/h9-10,12H,7-8H2,1-6H3;9-11,14H,5-8H2,1-4H3;/q-1;;/b;12-9-;. The van der Waals surface area contributed by atoms with E-state index in [4.69, 9.17) is 9.97 Å². The first-order valence-corrected chi connectivity index (χ1v) is 22.3. The molecule has 0 fully saturated rings. The van der Waals surface area contributed by atoms with Gasteiger partial charge in [0.1, 0.15) is 6.33 Å². The van der Waals surface area contributed by atoms with Crippen LogP contribution >= 0.6 is 11.3 Å². The summed E-state index contributed by atoms with van der Waals surface area (Å²) >= 11 is 1.99. The fourth-order valence-corrected chi connectivity index (χ4v) is 19.3. The Morgan fingerprint density at radius 1 is 0.976 bits per heavy atom. The van der Waals surface area contributed by atoms with E-state index in [1.807, 2.05) is 39.0 Å². The van der Waals surface area contributed by atoms with Crippen LogP contribution in [0.4, 0.5) is 0 Å². The SMILES string of the molecule is CCC(CC)C(=O)/C=C(\O)C(CC)CC.Cc1[c-]c(-c2ncnc3c4c(sc23)[Si](C)(C)CC[Si]4(C)C)cc(C)c1.[Ir]. The molecule has 0 unspecified atom stereocenters. The second kappa shape index (κ2) is 14.8. The third kappa shape index (κ3) is 8.14. The molecule has 0 spiro atoms. The van der Waals surface area contributed by atoms with Crippen molar-refractivity contribution in [2.45, 2.75) is 106 Å². The van der Waals surface area contributed by atoms with Gasteiger partial charge in [0.25, 0.3) is 0 Å². The molecule has 4 rings (SSSR count). The van der Waals surface area contributed by atoms with E-state index in [0.29, 0.717) is 0 Å². The molecule has 0 saturated heterocycles. The summed E-state index contributed by atoms with van der Waals surface area (Å²) in [5.74, 6) is 0.547. The van der Waals surface area contributed by atoms with Crippen LogP contribution in [0.15, 0.2) is 30.3 Å². The minimum absolute atomic E-state index is 0. The predicted octanol–water partition coefficient (Wildman–Crippen LogP) is 8.49. The van der Waals surface area contributed by atoms with Crippen LogP contribution in [0.5, 0.6) is 0 Å². The number of fused-ring (bicyclic) bond motifs is 3. The minimum atomic E-state index is -1.41. The fourth-order valence-electron chi connectivity index (χ4n) is 5.87. The Morgan fingerprint density at radius 3 is 2.12 bits per heavy atom. The van der Waals surface area contributed by atoms with Crippen molar-refractivity contribution in [3.05, 3.63) is 47.5 Å². The van der Waals surface area contributed by atoms with E-state index in [1.165, 1.54) is 39.5 Å². The molecule has 0 amide bonds. The molecule has 1 N–H and O–H groups in total. The number of benzene rings is 1. The number of allylic oxidation sites excluding steroid dienone is 2. The fraction of sp³-hybridized carbons (Fsp3) is 0.545. The number of aliphatic hydroxyl groups is 1. The Balaban J connectivity index is 0.000000320. The number of rotatable bonds is 8. The van der Waals surface area contributed by atoms with Gasteiger partial charge in [-0.1, -0.05) is 79.8 Å². The average molecular weight is 786 g/mol. The number of carbonyl (C=O) groups is 1. The van der Waals surface area contributed by atoms with Gasteiger partial charge in [-0.05, 0) is 35.4 Å². The first kappa shape index (κ1) is 35.7. The summed E-state index contributed by atoms with van der Waals surface area (Å²) in [5.41, 5.74) is 5.87. The summed E-state index contributed by atoms with van der Waals surface area (Å²) in [7, 11) is -2.77. The van der Waals surface area contributed by atoms with Crippen molar-refractivity contribution in [1.82, 2.24) is 9.97 Å². The van der Waals surface area contributed by atoms with Crippen molar-refractivity contribution < 1.29 is 30.0 Å². The number of aliphatic hydroxyl groups excluding tert-OH is 1. The number of hydrogen-bond acceptors (Lipinski definition) is 5. The van der Waals surface area contributed by atoms with Crippen LogP contribution in [-0.2, 0) is 24.9 Å². The molecule has 3 aromatic rings. The van der Waals surface area contributed by atoms with Gasteiger partial charge in [-0.25, -0.2) is 4.98 Å². The number of ketones is 1. The Bertz CT molecular complexity index is 1350. The molecule has 4 nitrogen and oxygen atoms in total. The van der Waals surface area contributed by atoms with Gasteiger partial charge in [-0.3, -0.25) is 9.78 Å². The normalized spacial score (nSPS) is 15.8. The molecule has 227 valence electrons. The van der Waals surface area contributed by atoms with E-state index in [-0.39, 0.29) is 43.5 Å². The third-order valence-electron chi connectivity index (χ3n) is 8.62. The van der Waals surface area contributed by atoms with Crippen LogP contribution < -0.4 is 9.69 Å². The smallest absolute Gasteiger partial charge is 0.162 e. The van der Waals surface area contributed by atoms with Crippen molar-refractivity contribution in [1.29, 1.82) is 0 Å². The molecule has 0 bridgehead atoms. The molecular weight excluding hydrogens is 737 g/mol. The van der Waals surface area contributed by atoms with Crippen LogP contribution in [0.2, 0.25) is 38.3 Å². The number of hydrogen-bond donors (Lipinski definition) is 1. The Hall–Kier alpha value is -1.45. The van der Waals surface area contributed by atoms with Crippen molar-refractivity contribution >= 4 is 53.2 Å². The summed E-state index contributed by atoms with van der Waals surface area (Å²) in [6.45, 7) is 22.4. The number of aryl methyl sites for hydroxylation is 2. The van der Waals surface area contributed by atoms with Gasteiger partial charge in [-0.15, -0.1) is 34.9 Å². The third-order valence-corrected chi connectivity index (χ3v) is 18.8. The molecule has 8 heteroatoms. The van der Waals surface area contributed by atoms with Gasteiger partial charge < -0.3 is 5.11 Å². The molecule has 0 atom stereocenters. The van der Waals surface area contributed by atoms with Gasteiger partial charge in [-0.2, -0.15) is 11.3 Å². The monoisotopic (exact) mass is 786 g/mol. The topological polar surface area (TPSA) is 63.1 Å². The number of carbonyl (C=O) groups excluding carboxylic acids is 1. The van der Waals surface area contributed by atoms with E-state index in [9.17, 15) is 9.90 Å². The molecule has 1 aromatic carbocycles. The van der Waals surface area contributed by atoms with Crippen molar-refractivity contribution in [2.75, 3.05) is 0 Å². The van der Waals surface area contributed by atoms with Gasteiger partial charge in [0.2, 0.25) is 0 Å². The molecule has 1 aliphatic heterocycles. The number of nitrogens with zero attached hydrogens (tertiary/aromatic N) is 2. The van der Waals surface area contributed by atoms with Crippen molar-refractivity contribution in [3.8, 4) is 11.3 Å². The first-order valence-electron chi connectivity index (χ1n) is 15.0. The second-order valence-electron chi connectivity index (χ2n) is 12.7. The average Bonchev–Trinajstić information content (AvgIpc) is 3.31. The van der Waals surface area contributed by atoms with Crippen LogP contribution in [0.1, 0.15) is 64.5 Å². The van der Waals surface area contributed by atoms with Crippen molar-refractivity contribution in [3.63, 3.8) is 0 Å².